The highest BCUT2D eigenvalue weighted by molar-refractivity contribution is 7.13. The number of nitrogens with zero attached hydrogens (tertiary/aromatic N) is 6. The molecular weight excluding hydrogens is 381 g/mol. The normalized spacial score (nSPS) is 16.2. The predicted molar refractivity (Wildman–Crippen MR) is 92.5 cm³/mol. The molecule has 0 aromatic carbocycles. The smallest absolute Gasteiger partial charge is 0.333 e. The molecule has 0 unspecified atom stereocenters. The summed E-state index contributed by atoms with van der Waals surface area (Å²) in [5.41, 5.74) is -0.864. The summed E-state index contributed by atoms with van der Waals surface area (Å²) in [6, 6.07) is 4.33. The van der Waals surface area contributed by atoms with Gasteiger partial charge in [-0.15, -0.1) is 16.4 Å². The number of rotatable bonds is 2. The lowest BCUT2D eigenvalue weighted by Gasteiger charge is -2.31. The average molecular weight is 396 g/mol. The second kappa shape index (κ2) is 6.57. The van der Waals surface area contributed by atoms with Gasteiger partial charge in [0.1, 0.15) is 0 Å². The van der Waals surface area contributed by atoms with E-state index < -0.39 is 17.8 Å². The van der Waals surface area contributed by atoms with Gasteiger partial charge < -0.3 is 9.80 Å². The SMILES string of the molecule is CN1CCN(C(=O)c2nc3nc(-c4cccs4)cc(C(F)(F)F)n3n2)CC1. The maximum atomic E-state index is 13.5. The number of hydrogen-bond acceptors (Lipinski definition) is 6. The van der Waals surface area contributed by atoms with E-state index in [1.165, 1.54) is 11.3 Å². The number of alkyl halides is 3. The number of halogens is 3. The first-order valence-electron chi connectivity index (χ1n) is 8.19. The average Bonchev–Trinajstić information content (AvgIpc) is 3.29. The molecule has 0 atom stereocenters. The molecule has 27 heavy (non-hydrogen) atoms. The van der Waals surface area contributed by atoms with Gasteiger partial charge in [0, 0.05) is 26.2 Å². The van der Waals surface area contributed by atoms with Crippen LogP contribution in [0.25, 0.3) is 16.3 Å². The van der Waals surface area contributed by atoms with E-state index in [0.717, 1.165) is 6.07 Å². The summed E-state index contributed by atoms with van der Waals surface area (Å²) in [6.07, 6.45) is -4.66. The molecule has 1 amide bonds. The maximum Gasteiger partial charge on any atom is 0.433 e. The third-order valence-electron chi connectivity index (χ3n) is 4.36. The van der Waals surface area contributed by atoms with Crippen LogP contribution in [0, 0.1) is 0 Å². The number of hydrogen-bond donors (Lipinski definition) is 0. The molecule has 0 saturated carbocycles. The van der Waals surface area contributed by atoms with Crippen LogP contribution >= 0.6 is 11.3 Å². The van der Waals surface area contributed by atoms with Crippen molar-refractivity contribution in [1.29, 1.82) is 0 Å². The third-order valence-corrected chi connectivity index (χ3v) is 5.25. The molecule has 0 bridgehead atoms. The molecule has 142 valence electrons. The molecular formula is C16H15F3N6OS. The second-order valence-corrected chi connectivity index (χ2v) is 7.19. The molecule has 0 aliphatic carbocycles. The van der Waals surface area contributed by atoms with Crippen molar-refractivity contribution in [2.45, 2.75) is 6.18 Å². The summed E-state index contributed by atoms with van der Waals surface area (Å²) in [6.45, 7) is 2.33. The van der Waals surface area contributed by atoms with Crippen molar-refractivity contribution in [3.05, 3.63) is 35.1 Å². The highest BCUT2D eigenvalue weighted by atomic mass is 32.1. The molecule has 0 spiro atoms. The van der Waals surface area contributed by atoms with Gasteiger partial charge in [-0.2, -0.15) is 22.7 Å². The fourth-order valence-electron chi connectivity index (χ4n) is 2.86. The van der Waals surface area contributed by atoms with E-state index in [2.05, 4.69) is 20.0 Å². The number of likely N-dealkylation sites (N-methyl/N-ethyl adjacent to an activating group) is 1. The standard InChI is InChI=1S/C16H15F3N6OS/c1-23-4-6-24(7-5-23)14(26)13-21-15-20-10(11-3-2-8-27-11)9-12(16(17,18)19)25(15)22-13/h2-3,8-9H,4-7H2,1H3. The molecule has 0 radical (unpaired) electrons. The third kappa shape index (κ3) is 3.39. The summed E-state index contributed by atoms with van der Waals surface area (Å²) in [7, 11) is 1.94. The summed E-state index contributed by atoms with van der Waals surface area (Å²) in [4.78, 5) is 25.0. The Labute approximate surface area is 156 Å². The van der Waals surface area contributed by atoms with E-state index in [9.17, 15) is 18.0 Å². The van der Waals surface area contributed by atoms with Crippen LogP contribution in [0.4, 0.5) is 13.2 Å². The fourth-order valence-corrected chi connectivity index (χ4v) is 3.55. The van der Waals surface area contributed by atoms with E-state index >= 15 is 0 Å². The van der Waals surface area contributed by atoms with Crippen molar-refractivity contribution in [3.63, 3.8) is 0 Å². The molecule has 4 rings (SSSR count). The first-order chi connectivity index (χ1) is 12.8. The Morgan fingerprint density at radius 2 is 1.93 bits per heavy atom. The summed E-state index contributed by atoms with van der Waals surface area (Å²) in [5.74, 6) is -1.01. The zero-order valence-corrected chi connectivity index (χ0v) is 15.1. The number of thiophene rings is 1. The highest BCUT2D eigenvalue weighted by Gasteiger charge is 2.36. The van der Waals surface area contributed by atoms with Gasteiger partial charge in [-0.05, 0) is 24.6 Å². The minimum absolute atomic E-state index is 0.149. The van der Waals surface area contributed by atoms with E-state index in [1.807, 2.05) is 7.05 Å². The molecule has 1 fully saturated rings. The number of piperazine rings is 1. The Bertz CT molecular complexity index is 976. The molecule has 3 aromatic rings. The molecule has 1 saturated heterocycles. The lowest BCUT2D eigenvalue weighted by molar-refractivity contribution is -0.142. The van der Waals surface area contributed by atoms with Crippen molar-refractivity contribution in [1.82, 2.24) is 29.4 Å². The van der Waals surface area contributed by atoms with Gasteiger partial charge in [-0.1, -0.05) is 6.07 Å². The Kier molecular flexibility index (Phi) is 4.35. The molecule has 0 N–H and O–H groups in total. The van der Waals surface area contributed by atoms with Gasteiger partial charge >= 0.3 is 6.18 Å². The topological polar surface area (TPSA) is 66.6 Å². The first kappa shape index (κ1) is 17.9. The minimum Gasteiger partial charge on any atom is -0.333 e. The Morgan fingerprint density at radius 1 is 1.19 bits per heavy atom. The monoisotopic (exact) mass is 396 g/mol. The van der Waals surface area contributed by atoms with E-state index in [0.29, 0.717) is 35.6 Å². The number of carbonyl (C=O) groups is 1. The van der Waals surface area contributed by atoms with Crippen LogP contribution in [0.15, 0.2) is 23.6 Å². The van der Waals surface area contributed by atoms with Gasteiger partial charge in [0.05, 0.1) is 10.6 Å². The van der Waals surface area contributed by atoms with Crippen molar-refractivity contribution in [2.75, 3.05) is 33.2 Å². The Balaban J connectivity index is 1.77. The van der Waals surface area contributed by atoms with Crippen molar-refractivity contribution in [3.8, 4) is 10.6 Å². The summed E-state index contributed by atoms with van der Waals surface area (Å²) >= 11 is 1.27. The predicted octanol–water partition coefficient (Wildman–Crippen LogP) is 2.26. The van der Waals surface area contributed by atoms with E-state index in [1.54, 1.807) is 22.4 Å². The second-order valence-electron chi connectivity index (χ2n) is 6.24. The largest absolute Gasteiger partial charge is 0.433 e. The zero-order valence-electron chi connectivity index (χ0n) is 14.3. The first-order valence-corrected chi connectivity index (χ1v) is 9.07. The molecule has 1 aliphatic rings. The van der Waals surface area contributed by atoms with Crippen LogP contribution in [0.1, 0.15) is 16.3 Å². The van der Waals surface area contributed by atoms with Crippen LogP contribution in [0.5, 0.6) is 0 Å². The van der Waals surface area contributed by atoms with E-state index in [-0.39, 0.29) is 17.3 Å². The molecule has 11 heteroatoms. The zero-order chi connectivity index (χ0) is 19.2. The van der Waals surface area contributed by atoms with Gasteiger partial charge in [-0.25, -0.2) is 4.98 Å². The molecule has 1 aliphatic heterocycles. The number of aromatic nitrogens is 4. The molecule has 4 heterocycles. The van der Waals surface area contributed by atoms with Gasteiger partial charge in [0.15, 0.2) is 5.69 Å². The van der Waals surface area contributed by atoms with Crippen LogP contribution in [-0.2, 0) is 6.18 Å². The van der Waals surface area contributed by atoms with Gasteiger partial charge in [0.25, 0.3) is 11.7 Å². The quantitative estimate of drug-likeness (QED) is 0.665. The van der Waals surface area contributed by atoms with Crippen LogP contribution in [0.3, 0.4) is 0 Å². The van der Waals surface area contributed by atoms with Crippen molar-refractivity contribution >= 4 is 23.0 Å². The Hall–Kier alpha value is -2.53. The number of fused-ring (bicyclic) bond motifs is 1. The van der Waals surface area contributed by atoms with E-state index in [4.69, 9.17) is 0 Å². The summed E-state index contributed by atoms with van der Waals surface area (Å²) in [5, 5.41) is 5.57. The molecule has 7 nitrogen and oxygen atoms in total. The lowest BCUT2D eigenvalue weighted by atomic mass is 10.3. The van der Waals surface area contributed by atoms with Crippen molar-refractivity contribution in [2.24, 2.45) is 0 Å². The molecule has 3 aromatic heterocycles. The number of amides is 1. The maximum absolute atomic E-state index is 13.5. The highest BCUT2D eigenvalue weighted by Crippen LogP contribution is 2.33. The summed E-state index contributed by atoms with van der Waals surface area (Å²) < 4.78 is 41.2. The Morgan fingerprint density at radius 3 is 2.56 bits per heavy atom. The lowest BCUT2D eigenvalue weighted by Crippen LogP contribution is -2.47. The number of carbonyl (C=O) groups excluding carboxylic acids is 1. The fraction of sp³-hybridized carbons (Fsp3) is 0.375. The van der Waals surface area contributed by atoms with Gasteiger partial charge in [0.2, 0.25) is 5.82 Å². The van der Waals surface area contributed by atoms with Crippen LogP contribution < -0.4 is 0 Å². The van der Waals surface area contributed by atoms with Crippen LogP contribution in [-0.4, -0.2) is 68.5 Å². The van der Waals surface area contributed by atoms with Crippen molar-refractivity contribution < 1.29 is 18.0 Å². The minimum atomic E-state index is -4.66. The van der Waals surface area contributed by atoms with Crippen LogP contribution in [0.2, 0.25) is 0 Å². The van der Waals surface area contributed by atoms with Gasteiger partial charge in [-0.3, -0.25) is 4.79 Å².